The highest BCUT2D eigenvalue weighted by Gasteiger charge is 2.09. The summed E-state index contributed by atoms with van der Waals surface area (Å²) in [4.78, 5) is 1.39. The number of benzene rings is 1. The molecule has 1 heterocycles. The van der Waals surface area contributed by atoms with Crippen LogP contribution in [0.4, 0.5) is 0 Å². The molecule has 0 aliphatic heterocycles. The van der Waals surface area contributed by atoms with Crippen molar-refractivity contribution in [3.8, 4) is 10.4 Å². The molecule has 0 spiro atoms. The zero-order chi connectivity index (χ0) is 10.8. The maximum Gasteiger partial charge on any atom is 0.0386 e. The van der Waals surface area contributed by atoms with Crippen LogP contribution < -0.4 is 0 Å². The molecule has 15 heavy (non-hydrogen) atoms. The van der Waals surface area contributed by atoms with E-state index in [1.165, 1.54) is 26.0 Å². The number of hydrogen-bond acceptors (Lipinski definition) is 1. The molecule has 2 rings (SSSR count). The van der Waals surface area contributed by atoms with Crippen LogP contribution in [-0.4, -0.2) is 0 Å². The normalized spacial score (nSPS) is 10.6. The second-order valence-corrected chi connectivity index (χ2v) is 5.34. The Balaban J connectivity index is 2.49. The first kappa shape index (κ1) is 10.9. The molecule has 0 aliphatic carbocycles. The van der Waals surface area contributed by atoms with E-state index >= 15 is 0 Å². The van der Waals surface area contributed by atoms with Crippen molar-refractivity contribution in [1.82, 2.24) is 0 Å². The SMILES string of the molecule is CCc1c(Br)csc1-c1ccc(C)cc1. The van der Waals surface area contributed by atoms with E-state index in [1.807, 2.05) is 11.3 Å². The maximum atomic E-state index is 3.60. The molecule has 1 aromatic carbocycles. The van der Waals surface area contributed by atoms with E-state index in [0.29, 0.717) is 0 Å². The quantitative estimate of drug-likeness (QED) is 0.722. The first-order valence-electron chi connectivity index (χ1n) is 5.05. The molecule has 0 unspecified atom stereocenters. The van der Waals surface area contributed by atoms with Gasteiger partial charge in [0.2, 0.25) is 0 Å². The van der Waals surface area contributed by atoms with Gasteiger partial charge in [-0.25, -0.2) is 0 Å². The third-order valence-electron chi connectivity index (χ3n) is 2.51. The third-order valence-corrected chi connectivity index (χ3v) is 4.59. The lowest BCUT2D eigenvalue weighted by Gasteiger charge is -2.02. The Morgan fingerprint density at radius 3 is 2.47 bits per heavy atom. The molecule has 0 nitrogen and oxygen atoms in total. The van der Waals surface area contributed by atoms with E-state index in [9.17, 15) is 0 Å². The van der Waals surface area contributed by atoms with Crippen molar-refractivity contribution in [2.45, 2.75) is 20.3 Å². The highest BCUT2D eigenvalue weighted by atomic mass is 79.9. The van der Waals surface area contributed by atoms with Gasteiger partial charge in [0.05, 0.1) is 0 Å². The number of rotatable bonds is 2. The van der Waals surface area contributed by atoms with E-state index in [4.69, 9.17) is 0 Å². The fraction of sp³-hybridized carbons (Fsp3) is 0.231. The summed E-state index contributed by atoms with van der Waals surface area (Å²) >= 11 is 5.41. The second-order valence-electron chi connectivity index (χ2n) is 3.61. The van der Waals surface area contributed by atoms with E-state index in [1.54, 1.807) is 0 Å². The summed E-state index contributed by atoms with van der Waals surface area (Å²) in [5, 5.41) is 2.17. The fourth-order valence-corrected chi connectivity index (χ4v) is 3.56. The monoisotopic (exact) mass is 280 g/mol. The molecule has 0 aliphatic rings. The summed E-state index contributed by atoms with van der Waals surface area (Å²) in [5.41, 5.74) is 4.06. The molecule has 0 amide bonds. The van der Waals surface area contributed by atoms with E-state index in [2.05, 4.69) is 59.4 Å². The van der Waals surface area contributed by atoms with Crippen LogP contribution in [0, 0.1) is 6.92 Å². The Morgan fingerprint density at radius 1 is 1.20 bits per heavy atom. The summed E-state index contributed by atoms with van der Waals surface area (Å²) in [7, 11) is 0. The van der Waals surface area contributed by atoms with E-state index in [0.717, 1.165) is 6.42 Å². The molecule has 0 saturated heterocycles. The van der Waals surface area contributed by atoms with Crippen LogP contribution in [0.2, 0.25) is 0 Å². The molecule has 0 N–H and O–H groups in total. The summed E-state index contributed by atoms with van der Waals surface area (Å²) < 4.78 is 1.24. The van der Waals surface area contributed by atoms with Gasteiger partial charge in [0.15, 0.2) is 0 Å². The lowest BCUT2D eigenvalue weighted by Crippen LogP contribution is -1.82. The summed E-state index contributed by atoms with van der Waals surface area (Å²) in [5.74, 6) is 0. The average molecular weight is 281 g/mol. The lowest BCUT2D eigenvalue weighted by molar-refractivity contribution is 1.15. The summed E-state index contributed by atoms with van der Waals surface area (Å²) in [6.07, 6.45) is 1.08. The molecule has 0 radical (unpaired) electrons. The Hall–Kier alpha value is -0.600. The van der Waals surface area contributed by atoms with Crippen LogP contribution in [0.1, 0.15) is 18.1 Å². The maximum absolute atomic E-state index is 3.60. The summed E-state index contributed by atoms with van der Waals surface area (Å²) in [6, 6.07) is 8.74. The van der Waals surface area contributed by atoms with Crippen molar-refractivity contribution in [2.24, 2.45) is 0 Å². The van der Waals surface area contributed by atoms with Gasteiger partial charge < -0.3 is 0 Å². The van der Waals surface area contributed by atoms with E-state index < -0.39 is 0 Å². The van der Waals surface area contributed by atoms with Crippen LogP contribution in [0.5, 0.6) is 0 Å². The molecule has 2 heteroatoms. The van der Waals surface area contributed by atoms with Crippen molar-refractivity contribution in [1.29, 1.82) is 0 Å². The number of halogens is 1. The van der Waals surface area contributed by atoms with Gasteiger partial charge >= 0.3 is 0 Å². The molecule has 0 saturated carbocycles. The smallest absolute Gasteiger partial charge is 0.0386 e. The molecular formula is C13H13BrS. The predicted molar refractivity (Wildman–Crippen MR) is 71.6 cm³/mol. The largest absolute Gasteiger partial charge is 0.142 e. The Kier molecular flexibility index (Phi) is 3.27. The van der Waals surface area contributed by atoms with Crippen LogP contribution in [-0.2, 0) is 6.42 Å². The molecular weight excluding hydrogens is 268 g/mol. The summed E-state index contributed by atoms with van der Waals surface area (Å²) in [6.45, 7) is 4.32. The minimum atomic E-state index is 1.08. The average Bonchev–Trinajstić information content (AvgIpc) is 2.61. The Bertz CT molecular complexity index is 454. The van der Waals surface area contributed by atoms with Gasteiger partial charge in [0.1, 0.15) is 0 Å². The number of aryl methyl sites for hydroxylation is 1. The third kappa shape index (κ3) is 2.16. The standard InChI is InChI=1S/C13H13BrS/c1-3-11-12(14)8-15-13(11)10-6-4-9(2)5-7-10/h4-8H,3H2,1-2H3. The highest BCUT2D eigenvalue weighted by Crippen LogP contribution is 2.36. The molecule has 2 aromatic rings. The van der Waals surface area contributed by atoms with Gasteiger partial charge in [0.25, 0.3) is 0 Å². The zero-order valence-corrected chi connectivity index (χ0v) is 11.3. The van der Waals surface area contributed by atoms with Crippen molar-refractivity contribution in [3.05, 3.63) is 45.2 Å². The van der Waals surface area contributed by atoms with E-state index in [-0.39, 0.29) is 0 Å². The predicted octanol–water partition coefficient (Wildman–Crippen LogP) is 5.05. The first-order chi connectivity index (χ1) is 7.22. The first-order valence-corrected chi connectivity index (χ1v) is 6.72. The van der Waals surface area contributed by atoms with Crippen molar-refractivity contribution >= 4 is 27.3 Å². The topological polar surface area (TPSA) is 0 Å². The minimum absolute atomic E-state index is 1.08. The minimum Gasteiger partial charge on any atom is -0.142 e. The van der Waals surface area contributed by atoms with Gasteiger partial charge in [0, 0.05) is 14.7 Å². The molecule has 0 atom stereocenters. The number of hydrogen-bond donors (Lipinski definition) is 0. The Morgan fingerprint density at radius 2 is 1.87 bits per heavy atom. The van der Waals surface area contributed by atoms with Crippen molar-refractivity contribution in [3.63, 3.8) is 0 Å². The van der Waals surface area contributed by atoms with Crippen LogP contribution in [0.25, 0.3) is 10.4 Å². The van der Waals surface area contributed by atoms with Gasteiger partial charge in [-0.05, 0) is 40.4 Å². The fourth-order valence-electron chi connectivity index (χ4n) is 1.64. The highest BCUT2D eigenvalue weighted by molar-refractivity contribution is 9.10. The van der Waals surface area contributed by atoms with Crippen molar-refractivity contribution in [2.75, 3.05) is 0 Å². The number of thiophene rings is 1. The van der Waals surface area contributed by atoms with Crippen molar-refractivity contribution < 1.29 is 0 Å². The molecule has 78 valence electrons. The van der Waals surface area contributed by atoms with Crippen LogP contribution >= 0.6 is 27.3 Å². The molecule has 1 aromatic heterocycles. The van der Waals surface area contributed by atoms with Gasteiger partial charge in [-0.3, -0.25) is 0 Å². The lowest BCUT2D eigenvalue weighted by atomic mass is 10.1. The molecule has 0 bridgehead atoms. The van der Waals surface area contributed by atoms with Crippen LogP contribution in [0.15, 0.2) is 34.1 Å². The van der Waals surface area contributed by atoms with Gasteiger partial charge in [-0.1, -0.05) is 36.8 Å². The van der Waals surface area contributed by atoms with Gasteiger partial charge in [-0.15, -0.1) is 11.3 Å². The zero-order valence-electron chi connectivity index (χ0n) is 8.88. The second kappa shape index (κ2) is 4.50. The van der Waals surface area contributed by atoms with Gasteiger partial charge in [-0.2, -0.15) is 0 Å². The molecule has 0 fully saturated rings. The van der Waals surface area contributed by atoms with Crippen LogP contribution in [0.3, 0.4) is 0 Å². The Labute approximate surface area is 103 Å².